The zero-order chi connectivity index (χ0) is 15.4. The molecular weight excluding hydrogens is 308 g/mol. The molecular formula is C17H18N4OS. The smallest absolute Gasteiger partial charge is 0.163 e. The van der Waals surface area contributed by atoms with E-state index in [0.29, 0.717) is 5.92 Å². The van der Waals surface area contributed by atoms with E-state index >= 15 is 0 Å². The quantitative estimate of drug-likeness (QED) is 0.840. The summed E-state index contributed by atoms with van der Waals surface area (Å²) in [5.74, 6) is 1.36. The maximum Gasteiger partial charge on any atom is 0.163 e. The predicted molar refractivity (Wildman–Crippen MR) is 89.2 cm³/mol. The number of nitrogens with zero attached hydrogens (tertiary/aromatic N) is 2. The number of benzene rings is 1. The molecule has 2 bridgehead atoms. The fourth-order valence-electron chi connectivity index (χ4n) is 4.40. The van der Waals surface area contributed by atoms with E-state index in [1.165, 1.54) is 25.7 Å². The zero-order valence-electron chi connectivity index (χ0n) is 12.7. The fourth-order valence-corrected chi connectivity index (χ4v) is 5.44. The molecule has 118 valence electrons. The summed E-state index contributed by atoms with van der Waals surface area (Å²) in [6.07, 6.45) is 6.25. The van der Waals surface area contributed by atoms with Gasteiger partial charge < -0.3 is 0 Å². The Morgan fingerprint density at radius 2 is 2.17 bits per heavy atom. The molecule has 1 aliphatic heterocycles. The van der Waals surface area contributed by atoms with Crippen molar-refractivity contribution in [3.8, 4) is 6.07 Å². The molecule has 2 aromatic rings. The van der Waals surface area contributed by atoms with Gasteiger partial charge >= 0.3 is 0 Å². The number of nitrogens with one attached hydrogen (secondary N) is 2. The van der Waals surface area contributed by atoms with Gasteiger partial charge in [0.05, 0.1) is 10.3 Å². The maximum absolute atomic E-state index is 9.27. The Bertz CT molecular complexity index is 805. The van der Waals surface area contributed by atoms with Crippen molar-refractivity contribution in [1.82, 2.24) is 11.0 Å². The average Bonchev–Trinajstić information content (AvgIpc) is 3.20. The van der Waals surface area contributed by atoms with Gasteiger partial charge in [-0.05, 0) is 55.5 Å². The van der Waals surface area contributed by atoms with Gasteiger partial charge in [0, 0.05) is 5.92 Å². The Labute approximate surface area is 138 Å². The summed E-state index contributed by atoms with van der Waals surface area (Å²) >= 11 is 1.61. The number of thiophene rings is 1. The van der Waals surface area contributed by atoms with Gasteiger partial charge in [-0.2, -0.15) is 10.7 Å². The largest absolute Gasteiger partial charge is 0.257 e. The predicted octanol–water partition coefficient (Wildman–Crippen LogP) is 3.44. The van der Waals surface area contributed by atoms with E-state index in [4.69, 9.17) is 4.84 Å². The van der Waals surface area contributed by atoms with Crippen LogP contribution < -0.4 is 16.1 Å². The van der Waals surface area contributed by atoms with E-state index in [1.54, 1.807) is 11.3 Å². The van der Waals surface area contributed by atoms with Crippen LogP contribution in [-0.2, 0) is 4.84 Å². The summed E-state index contributed by atoms with van der Waals surface area (Å²) in [6, 6.07) is 10.2. The summed E-state index contributed by atoms with van der Waals surface area (Å²) in [5, 5.41) is 13.3. The molecule has 1 unspecified atom stereocenters. The van der Waals surface area contributed by atoms with Crippen molar-refractivity contribution in [3.63, 3.8) is 0 Å². The lowest BCUT2D eigenvalue weighted by Crippen LogP contribution is -2.57. The Kier molecular flexibility index (Phi) is 2.94. The second kappa shape index (κ2) is 4.92. The standard InChI is InChI=1S/C17H18N4OS/c18-10-13-3-1-2-12-8-15(23-16(12)13)21-19-17(22-20-21)9-11-4-6-14(17)7-5-11/h1-3,8,11,14,19-20H,4-7,9H2. The summed E-state index contributed by atoms with van der Waals surface area (Å²) in [5.41, 5.74) is 7.12. The third-order valence-corrected chi connectivity index (χ3v) is 6.76. The van der Waals surface area contributed by atoms with Gasteiger partial charge in [-0.3, -0.25) is 4.84 Å². The number of nitriles is 1. The third kappa shape index (κ3) is 2.01. The molecule has 2 heterocycles. The molecule has 0 amide bonds. The normalized spacial score (nSPS) is 32.7. The molecule has 1 aromatic carbocycles. The summed E-state index contributed by atoms with van der Waals surface area (Å²) in [7, 11) is 0. The van der Waals surface area contributed by atoms with Crippen molar-refractivity contribution in [1.29, 1.82) is 5.26 Å². The van der Waals surface area contributed by atoms with Gasteiger partial charge in [0.2, 0.25) is 0 Å². The van der Waals surface area contributed by atoms with Crippen LogP contribution in [0, 0.1) is 23.2 Å². The van der Waals surface area contributed by atoms with Gasteiger partial charge in [-0.25, -0.2) is 5.12 Å². The molecule has 3 aliphatic carbocycles. The second-order valence-corrected chi connectivity index (χ2v) is 7.90. The molecule has 6 rings (SSSR count). The molecule has 3 saturated carbocycles. The van der Waals surface area contributed by atoms with Crippen molar-refractivity contribution < 1.29 is 4.84 Å². The highest BCUT2D eigenvalue weighted by Gasteiger charge is 2.53. The molecule has 4 fully saturated rings. The monoisotopic (exact) mass is 326 g/mol. The number of rotatable bonds is 1. The van der Waals surface area contributed by atoms with Crippen LogP contribution in [0.25, 0.3) is 10.1 Å². The first kappa shape index (κ1) is 13.8. The lowest BCUT2D eigenvalue weighted by Gasteiger charge is -2.47. The summed E-state index contributed by atoms with van der Waals surface area (Å²) < 4.78 is 1.03. The van der Waals surface area contributed by atoms with Gasteiger partial charge in [0.15, 0.2) is 5.72 Å². The number of fused-ring (bicyclic) bond motifs is 3. The highest BCUT2D eigenvalue weighted by atomic mass is 32.1. The van der Waals surface area contributed by atoms with Gasteiger partial charge in [-0.15, -0.1) is 11.3 Å². The number of anilines is 1. The lowest BCUT2D eigenvalue weighted by molar-refractivity contribution is -0.153. The van der Waals surface area contributed by atoms with Gasteiger partial charge in [-0.1, -0.05) is 17.7 Å². The van der Waals surface area contributed by atoms with Crippen molar-refractivity contribution in [2.24, 2.45) is 11.8 Å². The molecule has 1 saturated heterocycles. The third-order valence-electron chi connectivity index (χ3n) is 5.59. The molecule has 1 aromatic heterocycles. The first-order valence-corrected chi connectivity index (χ1v) is 9.03. The highest BCUT2D eigenvalue weighted by Crippen LogP contribution is 2.49. The van der Waals surface area contributed by atoms with E-state index in [-0.39, 0.29) is 5.72 Å². The van der Waals surface area contributed by atoms with Crippen LogP contribution in [0.4, 0.5) is 5.00 Å². The molecule has 1 atom stereocenters. The van der Waals surface area contributed by atoms with Crippen LogP contribution in [0.15, 0.2) is 24.3 Å². The van der Waals surface area contributed by atoms with Crippen LogP contribution in [0.5, 0.6) is 0 Å². The average molecular weight is 326 g/mol. The van der Waals surface area contributed by atoms with Crippen LogP contribution in [0.1, 0.15) is 37.7 Å². The van der Waals surface area contributed by atoms with Crippen molar-refractivity contribution in [2.45, 2.75) is 37.8 Å². The van der Waals surface area contributed by atoms with E-state index in [1.807, 2.05) is 23.3 Å². The van der Waals surface area contributed by atoms with E-state index < -0.39 is 0 Å². The number of hydrogen-bond acceptors (Lipinski definition) is 6. The van der Waals surface area contributed by atoms with Crippen LogP contribution in [0.3, 0.4) is 0 Å². The second-order valence-electron chi connectivity index (χ2n) is 6.87. The SMILES string of the molecule is N#Cc1cccc2cc(N3NOC4(CC5CCC4CC5)N3)sc12. The fraction of sp³-hybridized carbons (Fsp3) is 0.471. The Hall–Kier alpha value is -1.65. The topological polar surface area (TPSA) is 60.3 Å². The van der Waals surface area contributed by atoms with Crippen LogP contribution in [-0.4, -0.2) is 5.72 Å². The molecule has 23 heavy (non-hydrogen) atoms. The van der Waals surface area contributed by atoms with E-state index in [0.717, 1.165) is 33.0 Å². The first-order chi connectivity index (χ1) is 11.3. The zero-order valence-corrected chi connectivity index (χ0v) is 13.5. The number of hydrazine groups is 2. The molecule has 6 heteroatoms. The summed E-state index contributed by atoms with van der Waals surface area (Å²) in [4.78, 5) is 6.04. The maximum atomic E-state index is 9.27. The first-order valence-electron chi connectivity index (χ1n) is 8.22. The minimum Gasteiger partial charge on any atom is -0.257 e. The molecule has 0 radical (unpaired) electrons. The van der Waals surface area contributed by atoms with Gasteiger partial charge in [0.1, 0.15) is 11.1 Å². The Morgan fingerprint density at radius 3 is 2.91 bits per heavy atom. The lowest BCUT2D eigenvalue weighted by atomic mass is 9.66. The molecule has 4 aliphatic rings. The van der Waals surface area contributed by atoms with E-state index in [9.17, 15) is 5.26 Å². The highest BCUT2D eigenvalue weighted by molar-refractivity contribution is 7.23. The summed E-state index contributed by atoms with van der Waals surface area (Å²) in [6.45, 7) is 0. The molecule has 1 spiro atoms. The minimum atomic E-state index is -0.255. The van der Waals surface area contributed by atoms with Crippen LogP contribution >= 0.6 is 11.3 Å². The van der Waals surface area contributed by atoms with Crippen LogP contribution in [0.2, 0.25) is 0 Å². The van der Waals surface area contributed by atoms with Gasteiger partial charge in [0.25, 0.3) is 0 Å². The Morgan fingerprint density at radius 1 is 1.30 bits per heavy atom. The Balaban J connectivity index is 1.47. The van der Waals surface area contributed by atoms with Crippen molar-refractivity contribution in [2.75, 3.05) is 5.12 Å². The minimum absolute atomic E-state index is 0.255. The van der Waals surface area contributed by atoms with Crippen molar-refractivity contribution in [3.05, 3.63) is 29.8 Å². The van der Waals surface area contributed by atoms with E-state index in [2.05, 4.69) is 23.2 Å². The molecule has 5 nitrogen and oxygen atoms in total. The number of hydrogen-bond donors (Lipinski definition) is 2. The molecule has 2 N–H and O–H groups in total. The van der Waals surface area contributed by atoms with Crippen molar-refractivity contribution >= 4 is 26.4 Å².